The van der Waals surface area contributed by atoms with Gasteiger partial charge >= 0.3 is 0 Å². The van der Waals surface area contributed by atoms with Gasteiger partial charge in [0.15, 0.2) is 0 Å². The molecule has 5 rings (SSSR count). The fourth-order valence-electron chi connectivity index (χ4n) is 4.11. The van der Waals surface area contributed by atoms with E-state index in [0.29, 0.717) is 37.9 Å². The lowest BCUT2D eigenvalue weighted by Gasteiger charge is -2.35. The SMILES string of the molecule is Cc1ccc(Oc2cc(N3CCN(C(=O)c4ccc5ccccc5c4)CC3)nc(C)n2)cc1. The minimum atomic E-state index is 0.0719. The Morgan fingerprint density at radius 1 is 0.818 bits per heavy atom. The number of fused-ring (bicyclic) bond motifs is 1. The third-order valence-electron chi connectivity index (χ3n) is 5.93. The molecule has 2 heterocycles. The molecule has 1 aromatic heterocycles. The molecule has 1 aliphatic rings. The van der Waals surface area contributed by atoms with E-state index in [4.69, 9.17) is 4.74 Å². The highest BCUT2D eigenvalue weighted by Crippen LogP contribution is 2.25. The number of benzene rings is 3. The van der Waals surface area contributed by atoms with Crippen molar-refractivity contribution >= 4 is 22.5 Å². The average Bonchev–Trinajstić information content (AvgIpc) is 2.84. The highest BCUT2D eigenvalue weighted by Gasteiger charge is 2.23. The van der Waals surface area contributed by atoms with Gasteiger partial charge in [0.05, 0.1) is 0 Å². The third-order valence-corrected chi connectivity index (χ3v) is 5.93. The zero-order valence-corrected chi connectivity index (χ0v) is 18.9. The Balaban J connectivity index is 1.27. The van der Waals surface area contributed by atoms with Gasteiger partial charge in [-0.25, -0.2) is 4.98 Å². The van der Waals surface area contributed by atoms with Crippen LogP contribution in [0, 0.1) is 13.8 Å². The topological polar surface area (TPSA) is 58.6 Å². The summed E-state index contributed by atoms with van der Waals surface area (Å²) in [7, 11) is 0. The van der Waals surface area contributed by atoms with Gasteiger partial charge in [0, 0.05) is 37.8 Å². The summed E-state index contributed by atoms with van der Waals surface area (Å²) in [6.45, 7) is 6.61. The van der Waals surface area contributed by atoms with Crippen LogP contribution in [0.4, 0.5) is 5.82 Å². The fraction of sp³-hybridized carbons (Fsp3) is 0.222. The number of rotatable bonds is 4. The molecule has 1 aliphatic heterocycles. The van der Waals surface area contributed by atoms with Crippen molar-refractivity contribution in [2.24, 2.45) is 0 Å². The molecule has 4 aromatic rings. The number of anilines is 1. The molecule has 1 saturated heterocycles. The minimum absolute atomic E-state index is 0.0719. The first kappa shape index (κ1) is 20.9. The Kier molecular flexibility index (Phi) is 5.65. The van der Waals surface area contributed by atoms with Crippen LogP contribution in [0.1, 0.15) is 21.7 Å². The van der Waals surface area contributed by atoms with E-state index in [0.717, 1.165) is 27.9 Å². The number of carbonyl (C=O) groups excluding carboxylic acids is 1. The zero-order valence-electron chi connectivity index (χ0n) is 18.9. The third kappa shape index (κ3) is 4.65. The summed E-state index contributed by atoms with van der Waals surface area (Å²) in [6.07, 6.45) is 0. The largest absolute Gasteiger partial charge is 0.439 e. The van der Waals surface area contributed by atoms with E-state index in [-0.39, 0.29) is 5.91 Å². The van der Waals surface area contributed by atoms with Crippen LogP contribution in [-0.4, -0.2) is 47.0 Å². The Morgan fingerprint density at radius 2 is 1.55 bits per heavy atom. The monoisotopic (exact) mass is 438 g/mol. The van der Waals surface area contributed by atoms with Crippen molar-refractivity contribution in [3.05, 3.63) is 89.7 Å². The van der Waals surface area contributed by atoms with Crippen LogP contribution in [0.15, 0.2) is 72.8 Å². The predicted molar refractivity (Wildman–Crippen MR) is 130 cm³/mol. The maximum absolute atomic E-state index is 13.1. The quantitative estimate of drug-likeness (QED) is 0.449. The molecule has 1 fully saturated rings. The number of hydrogen-bond acceptors (Lipinski definition) is 5. The second-order valence-electron chi connectivity index (χ2n) is 8.37. The summed E-state index contributed by atoms with van der Waals surface area (Å²) < 4.78 is 5.96. The van der Waals surface area contributed by atoms with Crippen LogP contribution < -0.4 is 9.64 Å². The number of piperazine rings is 1. The van der Waals surface area contributed by atoms with Crippen molar-refractivity contribution in [2.75, 3.05) is 31.1 Å². The van der Waals surface area contributed by atoms with Crippen molar-refractivity contribution in [3.8, 4) is 11.6 Å². The molecule has 0 bridgehead atoms. The molecular weight excluding hydrogens is 412 g/mol. The number of aryl methyl sites for hydroxylation is 2. The molecule has 0 N–H and O–H groups in total. The molecular formula is C27H26N4O2. The summed E-state index contributed by atoms with van der Waals surface area (Å²) in [5, 5.41) is 2.22. The van der Waals surface area contributed by atoms with E-state index < -0.39 is 0 Å². The molecule has 6 heteroatoms. The Hall–Kier alpha value is -3.93. The summed E-state index contributed by atoms with van der Waals surface area (Å²) in [5.74, 6) is 2.82. The molecule has 3 aromatic carbocycles. The number of nitrogens with zero attached hydrogens (tertiary/aromatic N) is 4. The molecule has 6 nitrogen and oxygen atoms in total. The van der Waals surface area contributed by atoms with E-state index in [9.17, 15) is 4.79 Å². The Labute approximate surface area is 193 Å². The summed E-state index contributed by atoms with van der Waals surface area (Å²) in [6, 6.07) is 23.8. The van der Waals surface area contributed by atoms with E-state index >= 15 is 0 Å². The average molecular weight is 439 g/mol. The lowest BCUT2D eigenvalue weighted by molar-refractivity contribution is 0.0746. The van der Waals surface area contributed by atoms with Gasteiger partial charge in [-0.05, 0) is 48.9 Å². The first-order chi connectivity index (χ1) is 16.0. The van der Waals surface area contributed by atoms with Gasteiger partial charge in [-0.3, -0.25) is 4.79 Å². The maximum atomic E-state index is 13.1. The molecule has 166 valence electrons. The van der Waals surface area contributed by atoms with Gasteiger partial charge in [0.25, 0.3) is 5.91 Å². The minimum Gasteiger partial charge on any atom is -0.439 e. The molecule has 0 radical (unpaired) electrons. The molecule has 0 unspecified atom stereocenters. The van der Waals surface area contributed by atoms with E-state index in [1.807, 2.05) is 85.5 Å². The van der Waals surface area contributed by atoms with Crippen LogP contribution >= 0.6 is 0 Å². The van der Waals surface area contributed by atoms with Crippen LogP contribution in [-0.2, 0) is 0 Å². The normalized spacial score (nSPS) is 13.9. The van der Waals surface area contributed by atoms with Crippen molar-refractivity contribution in [3.63, 3.8) is 0 Å². The number of ether oxygens (including phenoxy) is 1. The van der Waals surface area contributed by atoms with Crippen LogP contribution in [0.3, 0.4) is 0 Å². The molecule has 0 spiro atoms. The van der Waals surface area contributed by atoms with Crippen molar-refractivity contribution in [1.82, 2.24) is 14.9 Å². The van der Waals surface area contributed by atoms with Gasteiger partial charge in [0.2, 0.25) is 5.88 Å². The summed E-state index contributed by atoms with van der Waals surface area (Å²) in [5.41, 5.74) is 1.91. The molecule has 1 amide bonds. The van der Waals surface area contributed by atoms with Crippen molar-refractivity contribution in [1.29, 1.82) is 0 Å². The second kappa shape index (κ2) is 8.90. The van der Waals surface area contributed by atoms with Crippen LogP contribution in [0.5, 0.6) is 11.6 Å². The van der Waals surface area contributed by atoms with E-state index in [1.54, 1.807) is 0 Å². The zero-order chi connectivity index (χ0) is 22.8. The van der Waals surface area contributed by atoms with Gasteiger partial charge in [-0.1, -0.05) is 48.0 Å². The second-order valence-corrected chi connectivity index (χ2v) is 8.37. The Morgan fingerprint density at radius 3 is 2.30 bits per heavy atom. The summed E-state index contributed by atoms with van der Waals surface area (Å²) >= 11 is 0. The number of carbonyl (C=O) groups is 1. The lowest BCUT2D eigenvalue weighted by atomic mass is 10.1. The van der Waals surface area contributed by atoms with Gasteiger partial charge in [0.1, 0.15) is 17.4 Å². The maximum Gasteiger partial charge on any atom is 0.253 e. The molecule has 0 aliphatic carbocycles. The van der Waals surface area contributed by atoms with E-state index in [1.165, 1.54) is 5.56 Å². The molecule has 0 saturated carbocycles. The standard InChI is InChI=1S/C27H26N4O2/c1-19-7-11-24(12-8-19)33-26-18-25(28-20(2)29-26)30-13-15-31(16-14-30)27(32)23-10-9-21-5-3-4-6-22(21)17-23/h3-12,17-18H,13-16H2,1-2H3. The van der Waals surface area contributed by atoms with Gasteiger partial charge in [-0.2, -0.15) is 4.98 Å². The van der Waals surface area contributed by atoms with Gasteiger partial charge < -0.3 is 14.5 Å². The lowest BCUT2D eigenvalue weighted by Crippen LogP contribution is -2.49. The molecule has 33 heavy (non-hydrogen) atoms. The van der Waals surface area contributed by atoms with Crippen molar-refractivity contribution < 1.29 is 9.53 Å². The van der Waals surface area contributed by atoms with Crippen molar-refractivity contribution in [2.45, 2.75) is 13.8 Å². The highest BCUT2D eigenvalue weighted by molar-refractivity contribution is 5.98. The first-order valence-electron chi connectivity index (χ1n) is 11.2. The highest BCUT2D eigenvalue weighted by atomic mass is 16.5. The predicted octanol–water partition coefficient (Wildman–Crippen LogP) is 5.00. The number of hydrogen-bond donors (Lipinski definition) is 0. The fourth-order valence-corrected chi connectivity index (χ4v) is 4.11. The first-order valence-corrected chi connectivity index (χ1v) is 11.2. The van der Waals surface area contributed by atoms with Crippen LogP contribution in [0.2, 0.25) is 0 Å². The smallest absolute Gasteiger partial charge is 0.253 e. The van der Waals surface area contributed by atoms with E-state index in [2.05, 4.69) is 20.9 Å². The number of aromatic nitrogens is 2. The van der Waals surface area contributed by atoms with Crippen LogP contribution in [0.25, 0.3) is 10.8 Å². The number of amides is 1. The summed E-state index contributed by atoms with van der Waals surface area (Å²) in [4.78, 5) is 26.2. The molecule has 0 atom stereocenters. The van der Waals surface area contributed by atoms with Gasteiger partial charge in [-0.15, -0.1) is 0 Å². The Bertz CT molecular complexity index is 1300.